The summed E-state index contributed by atoms with van der Waals surface area (Å²) < 4.78 is 0. The van der Waals surface area contributed by atoms with Crippen LogP contribution < -0.4 is 11.5 Å². The molecule has 1 amide bonds. The quantitative estimate of drug-likeness (QED) is 0.638. The van der Waals surface area contributed by atoms with E-state index in [4.69, 9.17) is 11.5 Å². The lowest BCUT2D eigenvalue weighted by molar-refractivity contribution is 0.0249. The molecule has 2 atom stereocenters. The Labute approximate surface area is 106 Å². The standard InChI is InChI=1S/C13H19N3O2/c1-8-4-5-16(7-12(8)17)13(18)10-3-2-9(14)6-11(10)15/h2-3,6,8,12,17H,4-5,7,14-15H2,1H3. The average molecular weight is 249 g/mol. The van der Waals surface area contributed by atoms with Gasteiger partial charge in [0.15, 0.2) is 0 Å². The first-order valence-electron chi connectivity index (χ1n) is 6.11. The van der Waals surface area contributed by atoms with Gasteiger partial charge >= 0.3 is 0 Å². The van der Waals surface area contributed by atoms with Crippen molar-refractivity contribution in [2.45, 2.75) is 19.4 Å². The van der Waals surface area contributed by atoms with Crippen LogP contribution in [0.15, 0.2) is 18.2 Å². The molecule has 0 radical (unpaired) electrons. The Kier molecular flexibility index (Phi) is 3.43. The maximum absolute atomic E-state index is 12.3. The Balaban J connectivity index is 2.16. The van der Waals surface area contributed by atoms with E-state index >= 15 is 0 Å². The number of benzene rings is 1. The van der Waals surface area contributed by atoms with Crippen LogP contribution in [0.5, 0.6) is 0 Å². The van der Waals surface area contributed by atoms with Gasteiger partial charge in [0, 0.05) is 24.5 Å². The number of piperidine rings is 1. The normalized spacial score (nSPS) is 24.0. The summed E-state index contributed by atoms with van der Waals surface area (Å²) in [4.78, 5) is 13.9. The number of anilines is 2. The number of likely N-dealkylation sites (tertiary alicyclic amines) is 1. The fourth-order valence-corrected chi connectivity index (χ4v) is 2.18. The van der Waals surface area contributed by atoms with Crippen LogP contribution in [-0.2, 0) is 0 Å². The SMILES string of the molecule is CC1CCN(C(=O)c2ccc(N)cc2N)CC1O. The second-order valence-electron chi connectivity index (χ2n) is 4.93. The van der Waals surface area contributed by atoms with Crippen molar-refractivity contribution in [3.63, 3.8) is 0 Å². The van der Waals surface area contributed by atoms with E-state index in [1.807, 2.05) is 6.92 Å². The molecule has 1 aliphatic heterocycles. The molecule has 2 unspecified atom stereocenters. The number of nitrogens with zero attached hydrogens (tertiary/aromatic N) is 1. The Bertz CT molecular complexity index is 462. The predicted molar refractivity (Wildman–Crippen MR) is 71.0 cm³/mol. The van der Waals surface area contributed by atoms with E-state index in [0.717, 1.165) is 6.42 Å². The van der Waals surface area contributed by atoms with Crippen LogP contribution >= 0.6 is 0 Å². The summed E-state index contributed by atoms with van der Waals surface area (Å²) in [6.07, 6.45) is 0.347. The van der Waals surface area contributed by atoms with Gasteiger partial charge in [-0.2, -0.15) is 0 Å². The molecule has 1 fully saturated rings. The van der Waals surface area contributed by atoms with Gasteiger partial charge in [-0.3, -0.25) is 4.79 Å². The summed E-state index contributed by atoms with van der Waals surface area (Å²) in [5, 5.41) is 9.81. The van der Waals surface area contributed by atoms with E-state index in [9.17, 15) is 9.90 Å². The number of rotatable bonds is 1. The summed E-state index contributed by atoms with van der Waals surface area (Å²) in [5.74, 6) is 0.0938. The third kappa shape index (κ3) is 2.41. The fourth-order valence-electron chi connectivity index (χ4n) is 2.18. The summed E-state index contributed by atoms with van der Waals surface area (Å²) in [6, 6.07) is 4.88. The van der Waals surface area contributed by atoms with E-state index in [-0.39, 0.29) is 11.8 Å². The maximum Gasteiger partial charge on any atom is 0.256 e. The molecule has 5 nitrogen and oxygen atoms in total. The van der Waals surface area contributed by atoms with Crippen LogP contribution in [0.1, 0.15) is 23.7 Å². The van der Waals surface area contributed by atoms with Crippen molar-refractivity contribution in [1.29, 1.82) is 0 Å². The number of aliphatic hydroxyl groups excluding tert-OH is 1. The number of nitrogen functional groups attached to an aromatic ring is 2. The maximum atomic E-state index is 12.3. The monoisotopic (exact) mass is 249 g/mol. The van der Waals surface area contributed by atoms with Gasteiger partial charge in [0.05, 0.1) is 11.7 Å². The van der Waals surface area contributed by atoms with E-state index in [1.165, 1.54) is 0 Å². The molecular weight excluding hydrogens is 230 g/mol. The Morgan fingerprint density at radius 3 is 2.78 bits per heavy atom. The molecule has 1 saturated heterocycles. The first kappa shape index (κ1) is 12.7. The molecule has 5 N–H and O–H groups in total. The first-order chi connectivity index (χ1) is 8.49. The molecule has 1 aromatic carbocycles. The van der Waals surface area contributed by atoms with Crippen molar-refractivity contribution in [1.82, 2.24) is 4.90 Å². The minimum Gasteiger partial charge on any atom is -0.399 e. The topological polar surface area (TPSA) is 92.6 Å². The number of hydrogen-bond donors (Lipinski definition) is 3. The number of nitrogens with two attached hydrogens (primary N) is 2. The summed E-state index contributed by atoms with van der Waals surface area (Å²) in [7, 11) is 0. The molecule has 0 aliphatic carbocycles. The number of β-amino-alcohol motifs (C(OH)–C–C–N with tert-alkyl or cyclic N) is 1. The van der Waals surface area contributed by atoms with Gasteiger partial charge < -0.3 is 21.5 Å². The summed E-state index contributed by atoms with van der Waals surface area (Å²) in [6.45, 7) is 3.01. The van der Waals surface area contributed by atoms with Gasteiger partial charge in [0.25, 0.3) is 5.91 Å². The molecule has 0 aromatic heterocycles. The lowest BCUT2D eigenvalue weighted by Crippen LogP contribution is -2.45. The second-order valence-corrected chi connectivity index (χ2v) is 4.93. The van der Waals surface area contributed by atoms with Crippen molar-refractivity contribution in [3.05, 3.63) is 23.8 Å². The molecule has 18 heavy (non-hydrogen) atoms. The highest BCUT2D eigenvalue weighted by atomic mass is 16.3. The lowest BCUT2D eigenvalue weighted by atomic mass is 9.95. The van der Waals surface area contributed by atoms with Crippen molar-refractivity contribution < 1.29 is 9.90 Å². The molecule has 1 aromatic rings. The zero-order valence-corrected chi connectivity index (χ0v) is 10.5. The predicted octanol–water partition coefficient (Wildman–Crippen LogP) is 0.694. The highest BCUT2D eigenvalue weighted by Gasteiger charge is 2.28. The number of carbonyl (C=O) groups is 1. The molecule has 2 rings (SSSR count). The van der Waals surface area contributed by atoms with Gasteiger partial charge in [-0.25, -0.2) is 0 Å². The molecule has 0 spiro atoms. The van der Waals surface area contributed by atoms with Crippen molar-refractivity contribution in [3.8, 4) is 0 Å². The molecule has 98 valence electrons. The third-order valence-electron chi connectivity index (χ3n) is 3.51. The molecular formula is C13H19N3O2. The van der Waals surface area contributed by atoms with E-state index in [0.29, 0.717) is 30.0 Å². The number of hydrogen-bond acceptors (Lipinski definition) is 4. The van der Waals surface area contributed by atoms with Crippen LogP contribution in [0, 0.1) is 5.92 Å². The van der Waals surface area contributed by atoms with E-state index in [2.05, 4.69) is 0 Å². The average Bonchev–Trinajstić information content (AvgIpc) is 2.32. The Morgan fingerprint density at radius 1 is 1.44 bits per heavy atom. The molecule has 1 heterocycles. The van der Waals surface area contributed by atoms with Crippen LogP contribution in [-0.4, -0.2) is 35.1 Å². The zero-order chi connectivity index (χ0) is 13.3. The fraction of sp³-hybridized carbons (Fsp3) is 0.462. The van der Waals surface area contributed by atoms with Crippen LogP contribution in [0.4, 0.5) is 11.4 Å². The van der Waals surface area contributed by atoms with Crippen LogP contribution in [0.3, 0.4) is 0 Å². The minimum atomic E-state index is -0.460. The minimum absolute atomic E-state index is 0.140. The van der Waals surface area contributed by atoms with Gasteiger partial charge in [-0.05, 0) is 30.5 Å². The Hall–Kier alpha value is -1.75. The summed E-state index contributed by atoms with van der Waals surface area (Å²) in [5.41, 5.74) is 12.8. The second kappa shape index (κ2) is 4.86. The highest BCUT2D eigenvalue weighted by molar-refractivity contribution is 5.99. The molecule has 0 saturated carbocycles. The molecule has 5 heteroatoms. The Morgan fingerprint density at radius 2 is 2.17 bits per heavy atom. The number of aliphatic hydroxyl groups is 1. The van der Waals surface area contributed by atoms with Gasteiger partial charge in [0.2, 0.25) is 0 Å². The number of amides is 1. The number of carbonyl (C=O) groups excluding carboxylic acids is 1. The van der Waals surface area contributed by atoms with Crippen molar-refractivity contribution in [2.75, 3.05) is 24.6 Å². The highest BCUT2D eigenvalue weighted by Crippen LogP contribution is 2.22. The first-order valence-corrected chi connectivity index (χ1v) is 6.11. The van der Waals surface area contributed by atoms with E-state index in [1.54, 1.807) is 23.1 Å². The largest absolute Gasteiger partial charge is 0.399 e. The summed E-state index contributed by atoms with van der Waals surface area (Å²) >= 11 is 0. The van der Waals surface area contributed by atoms with E-state index < -0.39 is 6.10 Å². The lowest BCUT2D eigenvalue weighted by Gasteiger charge is -2.34. The van der Waals surface area contributed by atoms with Gasteiger partial charge in [-0.15, -0.1) is 0 Å². The van der Waals surface area contributed by atoms with Gasteiger partial charge in [-0.1, -0.05) is 6.92 Å². The molecule has 0 bridgehead atoms. The van der Waals surface area contributed by atoms with Gasteiger partial charge in [0.1, 0.15) is 0 Å². The zero-order valence-electron chi connectivity index (χ0n) is 10.5. The van der Waals surface area contributed by atoms with Crippen molar-refractivity contribution in [2.24, 2.45) is 5.92 Å². The smallest absolute Gasteiger partial charge is 0.256 e. The third-order valence-corrected chi connectivity index (χ3v) is 3.51. The van der Waals surface area contributed by atoms with Crippen LogP contribution in [0.2, 0.25) is 0 Å². The van der Waals surface area contributed by atoms with Crippen LogP contribution in [0.25, 0.3) is 0 Å². The van der Waals surface area contributed by atoms with Crippen molar-refractivity contribution >= 4 is 17.3 Å². The molecule has 1 aliphatic rings.